The number of halogens is 5. The van der Waals surface area contributed by atoms with Crippen LogP contribution in [-0.4, -0.2) is 45.9 Å². The standard InChI is InChI=1S/C21H15F5N4O4S/c1-9-4-11(16-13(5-9)29-15(8-28-16)34-19(22)23)18-30-17-12(21(24,25)26)6-10(7-14(17)35-18)33-3-2-27-20(31)32/h4-8,19,27H,2-3H2,1H3,(H,31,32). The molecule has 35 heavy (non-hydrogen) atoms. The van der Waals surface area contributed by atoms with E-state index in [0.29, 0.717) is 11.1 Å². The van der Waals surface area contributed by atoms with E-state index < -0.39 is 30.3 Å². The van der Waals surface area contributed by atoms with E-state index in [1.54, 1.807) is 19.1 Å². The molecule has 0 saturated heterocycles. The van der Waals surface area contributed by atoms with Crippen LogP contribution in [0, 0.1) is 6.92 Å². The van der Waals surface area contributed by atoms with Gasteiger partial charge in [-0.2, -0.15) is 22.0 Å². The molecule has 0 radical (unpaired) electrons. The van der Waals surface area contributed by atoms with Crippen LogP contribution in [0.3, 0.4) is 0 Å². The van der Waals surface area contributed by atoms with Gasteiger partial charge < -0.3 is 19.9 Å². The molecule has 0 aliphatic heterocycles. The Morgan fingerprint density at radius 1 is 1.17 bits per heavy atom. The second-order valence-corrected chi connectivity index (χ2v) is 8.21. The van der Waals surface area contributed by atoms with Crippen LogP contribution in [0.5, 0.6) is 11.6 Å². The lowest BCUT2D eigenvalue weighted by atomic mass is 10.1. The Morgan fingerprint density at radius 3 is 2.63 bits per heavy atom. The average molecular weight is 514 g/mol. The van der Waals surface area contributed by atoms with Crippen LogP contribution in [0.15, 0.2) is 30.5 Å². The molecule has 2 aromatic heterocycles. The summed E-state index contributed by atoms with van der Waals surface area (Å²) < 4.78 is 76.2. The molecule has 0 bridgehead atoms. The van der Waals surface area contributed by atoms with Gasteiger partial charge in [0.25, 0.3) is 0 Å². The van der Waals surface area contributed by atoms with Crippen LogP contribution in [0.25, 0.3) is 31.8 Å². The molecule has 0 atom stereocenters. The number of carboxylic acid groups (broad SMARTS) is 1. The van der Waals surface area contributed by atoms with Crippen LogP contribution >= 0.6 is 11.3 Å². The number of ether oxygens (including phenoxy) is 2. The number of amides is 1. The zero-order chi connectivity index (χ0) is 25.3. The topological polar surface area (TPSA) is 106 Å². The second kappa shape index (κ2) is 9.44. The molecule has 0 unspecified atom stereocenters. The molecule has 2 N–H and O–H groups in total. The third-order valence-corrected chi connectivity index (χ3v) is 5.67. The Morgan fingerprint density at radius 2 is 1.94 bits per heavy atom. The summed E-state index contributed by atoms with van der Waals surface area (Å²) in [6.07, 6.45) is -5.02. The van der Waals surface area contributed by atoms with Crippen molar-refractivity contribution in [2.24, 2.45) is 0 Å². The lowest BCUT2D eigenvalue weighted by molar-refractivity contribution is -0.136. The van der Waals surface area contributed by atoms with Gasteiger partial charge in [0.05, 0.1) is 39.6 Å². The van der Waals surface area contributed by atoms with Crippen molar-refractivity contribution in [1.29, 1.82) is 0 Å². The van der Waals surface area contributed by atoms with Crippen molar-refractivity contribution in [1.82, 2.24) is 20.3 Å². The van der Waals surface area contributed by atoms with Crippen LogP contribution < -0.4 is 14.8 Å². The number of alkyl halides is 5. The molecule has 0 spiro atoms. The van der Waals surface area contributed by atoms with Crippen molar-refractivity contribution in [3.05, 3.63) is 41.6 Å². The zero-order valence-electron chi connectivity index (χ0n) is 17.7. The fourth-order valence-electron chi connectivity index (χ4n) is 3.30. The Kier molecular flexibility index (Phi) is 6.56. The Hall–Kier alpha value is -3.81. The number of nitrogens with zero attached hydrogens (tertiary/aromatic N) is 3. The first-order valence-electron chi connectivity index (χ1n) is 9.85. The molecule has 4 aromatic rings. The minimum Gasteiger partial charge on any atom is -0.492 e. The highest BCUT2D eigenvalue weighted by Gasteiger charge is 2.35. The molecule has 0 aliphatic rings. The molecular weight excluding hydrogens is 499 g/mol. The predicted octanol–water partition coefficient (Wildman–Crippen LogP) is 5.48. The first kappa shape index (κ1) is 24.3. The third-order valence-electron chi connectivity index (χ3n) is 4.63. The van der Waals surface area contributed by atoms with E-state index in [0.717, 1.165) is 23.6 Å². The Labute approximate surface area is 197 Å². The van der Waals surface area contributed by atoms with E-state index in [1.807, 2.05) is 0 Å². The number of thiazole rings is 1. The van der Waals surface area contributed by atoms with Crippen LogP contribution in [0.2, 0.25) is 0 Å². The van der Waals surface area contributed by atoms with E-state index in [2.05, 4.69) is 25.0 Å². The maximum Gasteiger partial charge on any atom is 0.418 e. The molecule has 1 amide bonds. The average Bonchev–Trinajstić information content (AvgIpc) is 3.18. The summed E-state index contributed by atoms with van der Waals surface area (Å²) in [5, 5.41) is 10.9. The number of hydrogen-bond donors (Lipinski definition) is 2. The van der Waals surface area contributed by atoms with Crippen molar-refractivity contribution in [2.45, 2.75) is 19.7 Å². The molecular formula is C21H15F5N4O4S. The van der Waals surface area contributed by atoms with Gasteiger partial charge in [0.15, 0.2) is 0 Å². The highest BCUT2D eigenvalue weighted by Crippen LogP contribution is 2.42. The highest BCUT2D eigenvalue weighted by molar-refractivity contribution is 7.21. The van der Waals surface area contributed by atoms with E-state index in [9.17, 15) is 26.7 Å². The molecule has 0 aliphatic carbocycles. The van der Waals surface area contributed by atoms with Gasteiger partial charge in [0, 0.05) is 5.56 Å². The minimum atomic E-state index is -4.74. The fraction of sp³-hybridized carbons (Fsp3) is 0.238. The largest absolute Gasteiger partial charge is 0.492 e. The number of rotatable bonds is 7. The van der Waals surface area contributed by atoms with Gasteiger partial charge in [-0.15, -0.1) is 11.3 Å². The van der Waals surface area contributed by atoms with Gasteiger partial charge in [0.2, 0.25) is 5.88 Å². The summed E-state index contributed by atoms with van der Waals surface area (Å²) in [6.45, 7) is -1.68. The predicted molar refractivity (Wildman–Crippen MR) is 116 cm³/mol. The number of hydrogen-bond acceptors (Lipinski definition) is 7. The van der Waals surface area contributed by atoms with Crippen molar-refractivity contribution in [3.8, 4) is 22.2 Å². The van der Waals surface area contributed by atoms with Gasteiger partial charge in [0.1, 0.15) is 17.4 Å². The van der Waals surface area contributed by atoms with Gasteiger partial charge in [-0.3, -0.25) is 0 Å². The molecule has 184 valence electrons. The highest BCUT2D eigenvalue weighted by atomic mass is 32.1. The first-order valence-corrected chi connectivity index (χ1v) is 10.7. The Balaban J connectivity index is 1.79. The van der Waals surface area contributed by atoms with Gasteiger partial charge >= 0.3 is 18.9 Å². The number of aryl methyl sites for hydroxylation is 1. The Bertz CT molecular complexity index is 1410. The van der Waals surface area contributed by atoms with E-state index in [1.165, 1.54) is 6.07 Å². The SMILES string of the molecule is Cc1cc(-c2nc3c(C(F)(F)F)cc(OCCNC(=O)O)cc3s2)c2ncc(OC(F)F)nc2c1. The maximum absolute atomic E-state index is 13.8. The van der Waals surface area contributed by atoms with Gasteiger partial charge in [-0.1, -0.05) is 0 Å². The summed E-state index contributed by atoms with van der Waals surface area (Å²) in [7, 11) is 0. The molecule has 2 aromatic carbocycles. The molecule has 2 heterocycles. The third kappa shape index (κ3) is 5.48. The number of benzene rings is 2. The number of nitrogens with one attached hydrogen (secondary N) is 1. The monoisotopic (exact) mass is 514 g/mol. The van der Waals surface area contributed by atoms with Crippen molar-refractivity contribution in [3.63, 3.8) is 0 Å². The van der Waals surface area contributed by atoms with Crippen molar-refractivity contribution >= 4 is 38.7 Å². The minimum absolute atomic E-state index is 0.102. The second-order valence-electron chi connectivity index (χ2n) is 7.18. The lowest BCUT2D eigenvalue weighted by Gasteiger charge is -2.11. The molecule has 0 saturated carbocycles. The van der Waals surface area contributed by atoms with Crippen molar-refractivity contribution in [2.75, 3.05) is 13.2 Å². The van der Waals surface area contributed by atoms with Gasteiger partial charge in [-0.05, 0) is 36.8 Å². The van der Waals surface area contributed by atoms with Crippen molar-refractivity contribution < 1.29 is 41.3 Å². The number of carbonyl (C=O) groups is 1. The van der Waals surface area contributed by atoms with E-state index in [-0.39, 0.29) is 45.2 Å². The van der Waals surface area contributed by atoms with E-state index >= 15 is 0 Å². The summed E-state index contributed by atoms with van der Waals surface area (Å²) in [6, 6.07) is 5.42. The molecule has 0 fully saturated rings. The van der Waals surface area contributed by atoms with Crippen LogP contribution in [0.1, 0.15) is 11.1 Å². The summed E-state index contributed by atoms with van der Waals surface area (Å²) in [4.78, 5) is 22.8. The summed E-state index contributed by atoms with van der Waals surface area (Å²) >= 11 is 0.957. The number of aromatic nitrogens is 3. The fourth-order valence-corrected chi connectivity index (χ4v) is 4.34. The zero-order valence-corrected chi connectivity index (χ0v) is 18.5. The number of fused-ring (bicyclic) bond motifs is 2. The lowest BCUT2D eigenvalue weighted by Crippen LogP contribution is -2.26. The van der Waals surface area contributed by atoms with Crippen LogP contribution in [-0.2, 0) is 6.18 Å². The normalized spacial score (nSPS) is 11.9. The van der Waals surface area contributed by atoms with E-state index in [4.69, 9.17) is 9.84 Å². The van der Waals surface area contributed by atoms with Crippen LogP contribution in [0.4, 0.5) is 26.7 Å². The molecule has 14 heteroatoms. The van der Waals surface area contributed by atoms with Gasteiger partial charge in [-0.25, -0.2) is 19.7 Å². The molecule has 8 nitrogen and oxygen atoms in total. The maximum atomic E-state index is 13.8. The quantitative estimate of drug-likeness (QED) is 0.248. The summed E-state index contributed by atoms with van der Waals surface area (Å²) in [5.74, 6) is -0.498. The smallest absolute Gasteiger partial charge is 0.418 e. The molecule has 4 rings (SSSR count). The first-order chi connectivity index (χ1) is 16.5. The summed E-state index contributed by atoms with van der Waals surface area (Å²) in [5.41, 5.74) is 0.174.